The number of amides is 1. The number of hydrogen-bond donors (Lipinski definition) is 0. The molecule has 4 nitrogen and oxygen atoms in total. The number of nitrogens with zero attached hydrogens (tertiary/aromatic N) is 1. The average molecular weight is 624 g/mol. The van der Waals surface area contributed by atoms with Crippen LogP contribution in [0.15, 0.2) is 78.9 Å². The first-order chi connectivity index (χ1) is 22.4. The topological polar surface area (TPSA) is 46.6 Å². The van der Waals surface area contributed by atoms with E-state index in [1.807, 2.05) is 66.4 Å². The third-order valence-electron chi connectivity index (χ3n) is 11.4. The molecule has 0 aliphatic heterocycles. The van der Waals surface area contributed by atoms with Crippen LogP contribution in [0.2, 0.25) is 0 Å². The summed E-state index contributed by atoms with van der Waals surface area (Å²) in [5.41, 5.74) is 3.64. The second kappa shape index (κ2) is 14.5. The highest BCUT2D eigenvalue weighted by atomic mass is 19.1. The van der Waals surface area contributed by atoms with E-state index in [9.17, 15) is 9.59 Å². The van der Waals surface area contributed by atoms with E-state index in [1.54, 1.807) is 0 Å². The summed E-state index contributed by atoms with van der Waals surface area (Å²) >= 11 is 0. The van der Waals surface area contributed by atoms with Gasteiger partial charge in [0.2, 0.25) is 0 Å². The van der Waals surface area contributed by atoms with Crippen LogP contribution in [-0.2, 0) is 17.8 Å². The summed E-state index contributed by atoms with van der Waals surface area (Å²) in [6.07, 6.45) is 7.79. The number of halogens is 1. The van der Waals surface area contributed by atoms with E-state index >= 15 is 4.39 Å². The van der Waals surface area contributed by atoms with Gasteiger partial charge in [-0.3, -0.25) is 9.59 Å². The van der Waals surface area contributed by atoms with E-state index in [2.05, 4.69) is 31.2 Å². The molecule has 0 spiro atoms. The van der Waals surface area contributed by atoms with E-state index < -0.39 is 11.6 Å². The number of carbonyl (C=O) groups is 2. The van der Waals surface area contributed by atoms with Gasteiger partial charge in [-0.05, 0) is 97.2 Å². The van der Waals surface area contributed by atoms with Crippen molar-refractivity contribution >= 4 is 11.7 Å². The van der Waals surface area contributed by atoms with Crippen LogP contribution in [0.5, 0.6) is 5.75 Å². The van der Waals surface area contributed by atoms with Gasteiger partial charge in [-0.1, -0.05) is 87.7 Å². The Bertz CT molecular complexity index is 1480. The summed E-state index contributed by atoms with van der Waals surface area (Å²) in [5.74, 6) is 1.72. The molecule has 3 aromatic rings. The standard InChI is InChI=1S/C41H50FNO3/c1-3-4-12-23-43(40(45)30-16-9-6-10-17-30)24-13-11-18-31-25-32-26-33(46-28-29-14-7-5-8-15-29)19-20-34(32)39-36(42)27-41(2)35(38(31)39)21-22-37(41)44/h5-10,14-17,19-20,26,31,35-36,38-39H,3-4,11-13,18,21-25,27-28H2,1-2H3/t31?,35?,36?,38?,39?,41-/m0/s1. The molecule has 46 heavy (non-hydrogen) atoms. The van der Waals surface area contributed by atoms with Crippen molar-refractivity contribution in [3.63, 3.8) is 0 Å². The third kappa shape index (κ3) is 6.80. The molecular formula is C41H50FNO3. The average Bonchev–Trinajstić information content (AvgIpc) is 3.37. The highest BCUT2D eigenvalue weighted by molar-refractivity contribution is 5.94. The Hall–Kier alpha value is -3.47. The lowest BCUT2D eigenvalue weighted by Crippen LogP contribution is -2.50. The lowest BCUT2D eigenvalue weighted by atomic mass is 9.51. The van der Waals surface area contributed by atoms with Crippen LogP contribution in [0.25, 0.3) is 0 Å². The van der Waals surface area contributed by atoms with Gasteiger partial charge in [0.15, 0.2) is 0 Å². The molecule has 0 bridgehead atoms. The van der Waals surface area contributed by atoms with Crippen molar-refractivity contribution < 1.29 is 18.7 Å². The molecule has 2 fully saturated rings. The van der Waals surface area contributed by atoms with Crippen molar-refractivity contribution in [2.45, 2.75) is 96.8 Å². The Morgan fingerprint density at radius 1 is 0.957 bits per heavy atom. The highest BCUT2D eigenvalue weighted by Gasteiger charge is 2.60. The first-order valence-electron chi connectivity index (χ1n) is 17.7. The summed E-state index contributed by atoms with van der Waals surface area (Å²) in [6, 6.07) is 26.0. The van der Waals surface area contributed by atoms with Gasteiger partial charge >= 0.3 is 0 Å². The van der Waals surface area contributed by atoms with Crippen LogP contribution in [-0.4, -0.2) is 35.9 Å². The monoisotopic (exact) mass is 623 g/mol. The van der Waals surface area contributed by atoms with E-state index in [0.29, 0.717) is 25.4 Å². The molecule has 0 aromatic heterocycles. The van der Waals surface area contributed by atoms with Crippen LogP contribution < -0.4 is 4.74 Å². The van der Waals surface area contributed by atoms with Gasteiger partial charge < -0.3 is 9.64 Å². The summed E-state index contributed by atoms with van der Waals surface area (Å²) in [7, 11) is 0. The van der Waals surface area contributed by atoms with Crippen molar-refractivity contribution in [2.24, 2.45) is 23.2 Å². The molecule has 0 N–H and O–H groups in total. The van der Waals surface area contributed by atoms with Crippen LogP contribution in [0.4, 0.5) is 4.39 Å². The fourth-order valence-electron chi connectivity index (χ4n) is 9.00. The molecule has 3 aromatic carbocycles. The van der Waals surface area contributed by atoms with E-state index in [1.165, 1.54) is 5.56 Å². The minimum atomic E-state index is -1.02. The number of alkyl halides is 1. The molecule has 0 saturated heterocycles. The molecule has 0 radical (unpaired) electrons. The molecule has 6 rings (SSSR count). The SMILES string of the molecule is CCCCCN(CCCCC1Cc2cc(OCc3ccccc3)ccc2C2C(F)C[C@]3(C)C(=O)CCC3C12)C(=O)c1ccccc1. The maximum absolute atomic E-state index is 16.4. The minimum Gasteiger partial charge on any atom is -0.489 e. The van der Waals surface area contributed by atoms with E-state index in [-0.39, 0.29) is 29.4 Å². The predicted octanol–water partition coefficient (Wildman–Crippen LogP) is 9.37. The number of ketones is 1. The number of fused-ring (bicyclic) bond motifs is 5. The number of Topliss-reactive ketones (excluding diaryl/α,β-unsaturated/α-hetero) is 1. The van der Waals surface area contributed by atoms with Crippen molar-refractivity contribution in [1.29, 1.82) is 0 Å². The van der Waals surface area contributed by atoms with Gasteiger partial charge in [-0.15, -0.1) is 0 Å². The molecule has 3 aliphatic rings. The zero-order chi connectivity index (χ0) is 32.1. The molecule has 244 valence electrons. The number of hydrogen-bond acceptors (Lipinski definition) is 3. The van der Waals surface area contributed by atoms with Crippen LogP contribution in [0.3, 0.4) is 0 Å². The Kier molecular flexibility index (Phi) is 10.3. The maximum atomic E-state index is 16.4. The molecule has 1 amide bonds. The number of rotatable bonds is 13. The number of ether oxygens (including phenoxy) is 1. The van der Waals surface area contributed by atoms with E-state index in [0.717, 1.165) is 86.9 Å². The zero-order valence-electron chi connectivity index (χ0n) is 27.6. The summed E-state index contributed by atoms with van der Waals surface area (Å²) < 4.78 is 22.6. The largest absolute Gasteiger partial charge is 0.489 e. The fraction of sp³-hybridized carbons (Fsp3) is 0.512. The second-order valence-electron chi connectivity index (χ2n) is 14.3. The number of carbonyl (C=O) groups excluding carboxylic acids is 2. The third-order valence-corrected chi connectivity index (χ3v) is 11.4. The fourth-order valence-corrected chi connectivity index (χ4v) is 9.00. The smallest absolute Gasteiger partial charge is 0.253 e. The minimum absolute atomic E-state index is 0.110. The van der Waals surface area contributed by atoms with Gasteiger partial charge in [-0.25, -0.2) is 4.39 Å². The predicted molar refractivity (Wildman–Crippen MR) is 182 cm³/mol. The quantitative estimate of drug-likeness (QED) is 0.178. The Morgan fingerprint density at radius 2 is 1.67 bits per heavy atom. The Labute approximate surface area is 274 Å². The first kappa shape index (κ1) is 32.5. The second-order valence-corrected chi connectivity index (χ2v) is 14.3. The summed E-state index contributed by atoms with van der Waals surface area (Å²) in [6.45, 7) is 6.25. The van der Waals surface area contributed by atoms with Gasteiger partial charge in [0, 0.05) is 36.4 Å². The van der Waals surface area contributed by atoms with Crippen molar-refractivity contribution in [1.82, 2.24) is 4.90 Å². The van der Waals surface area contributed by atoms with Crippen LogP contribution in [0, 0.1) is 23.2 Å². The molecule has 0 heterocycles. The number of unbranched alkanes of at least 4 members (excludes halogenated alkanes) is 3. The van der Waals surface area contributed by atoms with Crippen molar-refractivity contribution in [2.75, 3.05) is 13.1 Å². The van der Waals surface area contributed by atoms with Gasteiger partial charge in [0.25, 0.3) is 5.91 Å². The summed E-state index contributed by atoms with van der Waals surface area (Å²) in [5, 5.41) is 0. The lowest BCUT2D eigenvalue weighted by molar-refractivity contribution is -0.132. The van der Waals surface area contributed by atoms with Crippen molar-refractivity contribution in [3.8, 4) is 5.75 Å². The maximum Gasteiger partial charge on any atom is 0.253 e. The first-order valence-corrected chi connectivity index (χ1v) is 17.7. The Balaban J connectivity index is 1.19. The normalized spacial score (nSPS) is 26.6. The van der Waals surface area contributed by atoms with Gasteiger partial charge in [0.1, 0.15) is 24.3 Å². The molecule has 6 atom stereocenters. The van der Waals surface area contributed by atoms with E-state index in [4.69, 9.17) is 4.74 Å². The number of benzene rings is 3. The molecule has 2 saturated carbocycles. The molecular weight excluding hydrogens is 573 g/mol. The zero-order valence-corrected chi connectivity index (χ0v) is 27.6. The van der Waals surface area contributed by atoms with Crippen LogP contribution >= 0.6 is 0 Å². The van der Waals surface area contributed by atoms with Gasteiger partial charge in [-0.2, -0.15) is 0 Å². The lowest BCUT2D eigenvalue weighted by Gasteiger charge is -2.53. The highest BCUT2D eigenvalue weighted by Crippen LogP contribution is 2.62. The van der Waals surface area contributed by atoms with Crippen molar-refractivity contribution in [3.05, 3.63) is 101 Å². The van der Waals surface area contributed by atoms with Gasteiger partial charge in [0.05, 0.1) is 0 Å². The molecule has 5 unspecified atom stereocenters. The Morgan fingerprint density at radius 3 is 2.41 bits per heavy atom. The van der Waals surface area contributed by atoms with Crippen LogP contribution in [0.1, 0.15) is 105 Å². The molecule has 3 aliphatic carbocycles. The molecule has 5 heteroatoms. The summed E-state index contributed by atoms with van der Waals surface area (Å²) in [4.78, 5) is 28.6.